The minimum Gasteiger partial charge on any atom is -0.465 e. The lowest BCUT2D eigenvalue weighted by molar-refractivity contribution is -0.156. The van der Waals surface area contributed by atoms with Gasteiger partial charge in [0.2, 0.25) is 0 Å². The molecule has 1 saturated heterocycles. The van der Waals surface area contributed by atoms with E-state index < -0.39 is 5.60 Å². The van der Waals surface area contributed by atoms with Gasteiger partial charge in [-0.3, -0.25) is 4.79 Å². The molecular formula is C7H9O4. The van der Waals surface area contributed by atoms with Gasteiger partial charge in [-0.2, -0.15) is 0 Å². The summed E-state index contributed by atoms with van der Waals surface area (Å²) in [5.41, 5.74) is -0.697. The first-order valence-electron chi connectivity index (χ1n) is 3.37. The maximum absolute atomic E-state index is 10.7. The van der Waals surface area contributed by atoms with E-state index in [0.29, 0.717) is 13.0 Å². The van der Waals surface area contributed by atoms with E-state index in [1.807, 2.05) is 0 Å². The standard InChI is InChI=1S/C7H9O4/c1-7(11-5-8)2-3-10-6(9)4-7/h2-4H2,1H3. The summed E-state index contributed by atoms with van der Waals surface area (Å²) in [5, 5.41) is 0. The first-order chi connectivity index (χ1) is 5.16. The third kappa shape index (κ3) is 1.93. The van der Waals surface area contributed by atoms with Gasteiger partial charge in [0.25, 0.3) is 0 Å². The van der Waals surface area contributed by atoms with Crippen LogP contribution in [0.25, 0.3) is 0 Å². The van der Waals surface area contributed by atoms with Crippen molar-refractivity contribution in [3.8, 4) is 0 Å². The number of hydrogen-bond donors (Lipinski definition) is 0. The lowest BCUT2D eigenvalue weighted by Crippen LogP contribution is -2.38. The zero-order valence-corrected chi connectivity index (χ0v) is 6.25. The van der Waals surface area contributed by atoms with Gasteiger partial charge >= 0.3 is 12.4 Å². The van der Waals surface area contributed by atoms with E-state index in [-0.39, 0.29) is 12.4 Å². The topological polar surface area (TPSA) is 52.6 Å². The van der Waals surface area contributed by atoms with Crippen molar-refractivity contribution in [2.24, 2.45) is 0 Å². The quantitative estimate of drug-likeness (QED) is 0.536. The van der Waals surface area contributed by atoms with Crippen LogP contribution in [0.3, 0.4) is 0 Å². The Morgan fingerprint density at radius 3 is 3.00 bits per heavy atom. The molecule has 1 fully saturated rings. The summed E-state index contributed by atoms with van der Waals surface area (Å²) in [6.45, 7) is 3.35. The van der Waals surface area contributed by atoms with E-state index >= 15 is 0 Å². The molecule has 0 aromatic heterocycles. The summed E-state index contributed by atoms with van der Waals surface area (Å²) in [6, 6.07) is 0. The molecule has 0 saturated carbocycles. The summed E-state index contributed by atoms with van der Waals surface area (Å²) in [7, 11) is 0. The normalized spacial score (nSPS) is 30.8. The number of carbonyl (C=O) groups is 1. The Balaban J connectivity index is 2.54. The zero-order chi connectivity index (χ0) is 8.32. The molecule has 0 bridgehead atoms. The van der Waals surface area contributed by atoms with Crippen molar-refractivity contribution in [1.82, 2.24) is 0 Å². The highest BCUT2D eigenvalue weighted by Crippen LogP contribution is 2.23. The molecule has 0 aliphatic carbocycles. The van der Waals surface area contributed by atoms with Crippen LogP contribution < -0.4 is 0 Å². The van der Waals surface area contributed by atoms with Crippen LogP contribution in [0.1, 0.15) is 19.8 Å². The molecule has 0 spiro atoms. The van der Waals surface area contributed by atoms with Crippen molar-refractivity contribution >= 4 is 12.4 Å². The second-order valence-electron chi connectivity index (χ2n) is 2.78. The molecule has 11 heavy (non-hydrogen) atoms. The van der Waals surface area contributed by atoms with Gasteiger partial charge in [0.05, 0.1) is 13.0 Å². The first-order valence-corrected chi connectivity index (χ1v) is 3.37. The van der Waals surface area contributed by atoms with E-state index in [9.17, 15) is 9.59 Å². The van der Waals surface area contributed by atoms with Gasteiger partial charge in [-0.25, -0.2) is 4.79 Å². The van der Waals surface area contributed by atoms with Crippen molar-refractivity contribution < 1.29 is 19.1 Å². The van der Waals surface area contributed by atoms with Gasteiger partial charge in [0.15, 0.2) is 0 Å². The van der Waals surface area contributed by atoms with E-state index in [2.05, 4.69) is 9.47 Å². The highest BCUT2D eigenvalue weighted by molar-refractivity contribution is 5.71. The minimum absolute atomic E-state index is 0.127. The number of rotatable bonds is 2. The second-order valence-corrected chi connectivity index (χ2v) is 2.78. The molecule has 1 atom stereocenters. The molecule has 1 unspecified atom stereocenters. The predicted molar refractivity (Wildman–Crippen MR) is 35.4 cm³/mol. The van der Waals surface area contributed by atoms with Crippen LogP contribution in [0, 0.1) is 0 Å². The lowest BCUT2D eigenvalue weighted by atomic mass is 9.96. The smallest absolute Gasteiger partial charge is 0.418 e. The summed E-state index contributed by atoms with van der Waals surface area (Å²) < 4.78 is 9.31. The van der Waals surface area contributed by atoms with E-state index in [1.54, 1.807) is 6.92 Å². The molecule has 0 N–H and O–H groups in total. The van der Waals surface area contributed by atoms with Crippen molar-refractivity contribution in [1.29, 1.82) is 0 Å². The molecule has 1 rings (SSSR count). The Bertz CT molecular complexity index is 177. The molecule has 1 aliphatic heterocycles. The zero-order valence-electron chi connectivity index (χ0n) is 6.25. The molecule has 1 radical (unpaired) electrons. The molecule has 0 aromatic rings. The first kappa shape index (κ1) is 8.04. The van der Waals surface area contributed by atoms with E-state index in [1.165, 1.54) is 6.47 Å². The molecular weight excluding hydrogens is 148 g/mol. The number of cyclic esters (lactones) is 1. The third-order valence-electron chi connectivity index (χ3n) is 1.70. The molecule has 1 heterocycles. The number of hydrogen-bond acceptors (Lipinski definition) is 4. The maximum Gasteiger partial charge on any atom is 0.418 e. The van der Waals surface area contributed by atoms with Crippen LogP contribution in [0.2, 0.25) is 0 Å². The average Bonchev–Trinajstić information content (AvgIpc) is 1.86. The Labute approximate surface area is 64.5 Å². The minimum atomic E-state index is -0.697. The van der Waals surface area contributed by atoms with E-state index in [4.69, 9.17) is 0 Å². The SMILES string of the molecule is CC1(O[C]=O)CCOC(=O)C1. The highest BCUT2D eigenvalue weighted by atomic mass is 16.6. The monoisotopic (exact) mass is 157 g/mol. The predicted octanol–water partition coefficient (Wildman–Crippen LogP) is 0.166. The van der Waals surface area contributed by atoms with Gasteiger partial charge in [-0.05, 0) is 6.92 Å². The Hall–Kier alpha value is -1.06. The number of ether oxygens (including phenoxy) is 2. The molecule has 1 aliphatic rings. The maximum atomic E-state index is 10.7. The fourth-order valence-corrected chi connectivity index (χ4v) is 1.01. The lowest BCUT2D eigenvalue weighted by Gasteiger charge is -2.29. The van der Waals surface area contributed by atoms with Gasteiger partial charge in [0.1, 0.15) is 5.60 Å². The largest absolute Gasteiger partial charge is 0.465 e. The van der Waals surface area contributed by atoms with Crippen LogP contribution in [-0.4, -0.2) is 24.6 Å². The van der Waals surface area contributed by atoms with Crippen molar-refractivity contribution in [3.63, 3.8) is 0 Å². The van der Waals surface area contributed by atoms with Crippen LogP contribution >= 0.6 is 0 Å². The summed E-state index contributed by atoms with van der Waals surface area (Å²) in [5.74, 6) is -0.325. The fraction of sp³-hybridized carbons (Fsp3) is 0.714. The molecule has 4 heteroatoms. The van der Waals surface area contributed by atoms with E-state index in [0.717, 1.165) is 0 Å². The molecule has 0 aromatic carbocycles. The van der Waals surface area contributed by atoms with Gasteiger partial charge < -0.3 is 9.47 Å². The second kappa shape index (κ2) is 2.90. The fourth-order valence-electron chi connectivity index (χ4n) is 1.01. The van der Waals surface area contributed by atoms with Crippen molar-refractivity contribution in [3.05, 3.63) is 0 Å². The number of esters is 1. The highest BCUT2D eigenvalue weighted by Gasteiger charge is 2.34. The van der Waals surface area contributed by atoms with Gasteiger partial charge in [-0.15, -0.1) is 0 Å². The summed E-state index contributed by atoms with van der Waals surface area (Å²) >= 11 is 0. The Morgan fingerprint density at radius 2 is 2.45 bits per heavy atom. The van der Waals surface area contributed by atoms with Crippen LogP contribution in [-0.2, 0) is 19.1 Å². The molecule has 4 nitrogen and oxygen atoms in total. The third-order valence-corrected chi connectivity index (χ3v) is 1.70. The van der Waals surface area contributed by atoms with Crippen LogP contribution in [0.5, 0.6) is 0 Å². The molecule has 61 valence electrons. The van der Waals surface area contributed by atoms with Crippen LogP contribution in [0.15, 0.2) is 0 Å². The summed E-state index contributed by atoms with van der Waals surface area (Å²) in [4.78, 5) is 20.6. The molecule has 0 amide bonds. The Morgan fingerprint density at radius 1 is 1.73 bits per heavy atom. The Kier molecular flexibility index (Phi) is 2.12. The summed E-state index contributed by atoms with van der Waals surface area (Å²) in [6.07, 6.45) is 0.677. The van der Waals surface area contributed by atoms with Crippen LogP contribution in [0.4, 0.5) is 0 Å². The van der Waals surface area contributed by atoms with Crippen molar-refractivity contribution in [2.75, 3.05) is 6.61 Å². The van der Waals surface area contributed by atoms with Gasteiger partial charge in [0, 0.05) is 6.42 Å². The number of carbonyl (C=O) groups excluding carboxylic acids is 2. The average molecular weight is 157 g/mol. The van der Waals surface area contributed by atoms with Crippen molar-refractivity contribution in [2.45, 2.75) is 25.4 Å². The van der Waals surface area contributed by atoms with Gasteiger partial charge in [-0.1, -0.05) is 0 Å².